The zero-order valence-electron chi connectivity index (χ0n) is 12.8. The van der Waals surface area contributed by atoms with E-state index >= 15 is 0 Å². The number of benzene rings is 1. The topological polar surface area (TPSA) is 35.5 Å². The van der Waals surface area contributed by atoms with Gasteiger partial charge in [0.05, 0.1) is 4.47 Å². The minimum Gasteiger partial charge on any atom is -0.506 e. The number of nitrogens with zero attached hydrogens (tertiary/aromatic N) is 1. The van der Waals surface area contributed by atoms with E-state index in [2.05, 4.69) is 62.0 Å². The number of aromatic hydroxyl groups is 1. The fourth-order valence-corrected chi connectivity index (χ4v) is 4.12. The van der Waals surface area contributed by atoms with Crippen LogP contribution in [0.25, 0.3) is 0 Å². The molecule has 0 bridgehead atoms. The van der Waals surface area contributed by atoms with Crippen molar-refractivity contribution < 1.29 is 5.11 Å². The first-order chi connectivity index (χ1) is 9.54. The van der Waals surface area contributed by atoms with Gasteiger partial charge in [-0.1, -0.05) is 36.2 Å². The van der Waals surface area contributed by atoms with Crippen molar-refractivity contribution in [1.82, 2.24) is 10.2 Å². The lowest BCUT2D eigenvalue weighted by Crippen LogP contribution is -2.46. The highest BCUT2D eigenvalue weighted by Crippen LogP contribution is 2.41. The first-order valence-electron chi connectivity index (χ1n) is 7.17. The summed E-state index contributed by atoms with van der Waals surface area (Å²) in [5, 5.41) is 13.9. The van der Waals surface area contributed by atoms with Crippen LogP contribution in [0, 0.1) is 5.92 Å². The van der Waals surface area contributed by atoms with E-state index in [4.69, 9.17) is 0 Å². The van der Waals surface area contributed by atoms with E-state index in [1.54, 1.807) is 0 Å². The number of hydrogen-bond donors (Lipinski definition) is 2. The standard InChI is InChI=1S/C15H22Br2N2O.2ClH/c1-3-10(2)14(19-6-4-18-5-7-19)12-8-11(16)9-13(17)15(12)20;;/h8-10,14,18,20H,3-7H2,1-2H3;2*1H/t10?,14-;;/m1../s1. The van der Waals surface area contributed by atoms with Gasteiger partial charge in [0.15, 0.2) is 0 Å². The van der Waals surface area contributed by atoms with Crippen molar-refractivity contribution in [2.75, 3.05) is 26.2 Å². The third kappa shape index (κ3) is 5.25. The second-order valence-corrected chi connectivity index (χ2v) is 7.21. The number of nitrogens with one attached hydrogen (secondary N) is 1. The largest absolute Gasteiger partial charge is 0.506 e. The molecule has 1 aliphatic heterocycles. The van der Waals surface area contributed by atoms with E-state index < -0.39 is 0 Å². The van der Waals surface area contributed by atoms with Crippen LogP contribution in [0.2, 0.25) is 0 Å². The number of hydrogen-bond acceptors (Lipinski definition) is 3. The molecule has 2 N–H and O–H groups in total. The lowest BCUT2D eigenvalue weighted by Gasteiger charge is -2.38. The molecule has 0 aromatic heterocycles. The highest BCUT2D eigenvalue weighted by molar-refractivity contribution is 9.11. The average molecular weight is 479 g/mol. The molecule has 1 fully saturated rings. The molecule has 128 valence electrons. The van der Waals surface area contributed by atoms with Crippen LogP contribution in [0.1, 0.15) is 31.9 Å². The van der Waals surface area contributed by atoms with Crippen molar-refractivity contribution in [2.24, 2.45) is 5.92 Å². The van der Waals surface area contributed by atoms with Crippen molar-refractivity contribution in [3.63, 3.8) is 0 Å². The second kappa shape index (κ2) is 10.4. The molecule has 0 amide bonds. The molecule has 22 heavy (non-hydrogen) atoms. The lowest BCUT2D eigenvalue weighted by molar-refractivity contribution is 0.126. The summed E-state index contributed by atoms with van der Waals surface area (Å²) in [7, 11) is 0. The SMILES string of the molecule is CCC(C)[C@H](c1cc(Br)cc(Br)c1O)N1CCNCC1.Cl.Cl. The van der Waals surface area contributed by atoms with Crippen LogP contribution in [-0.2, 0) is 0 Å². The fraction of sp³-hybridized carbons (Fsp3) is 0.600. The number of phenolic OH excluding ortho intramolecular Hbond substituents is 1. The molecular formula is C15H24Br2Cl2N2O. The van der Waals surface area contributed by atoms with Crippen LogP contribution < -0.4 is 5.32 Å². The van der Waals surface area contributed by atoms with Gasteiger partial charge in [-0.25, -0.2) is 0 Å². The normalized spacial score (nSPS) is 18.0. The van der Waals surface area contributed by atoms with Crippen LogP contribution in [0.5, 0.6) is 5.75 Å². The van der Waals surface area contributed by atoms with Crippen molar-refractivity contribution in [3.8, 4) is 5.75 Å². The molecule has 1 saturated heterocycles. The van der Waals surface area contributed by atoms with Gasteiger partial charge in [-0.2, -0.15) is 0 Å². The zero-order valence-corrected chi connectivity index (χ0v) is 17.6. The second-order valence-electron chi connectivity index (χ2n) is 5.44. The summed E-state index contributed by atoms with van der Waals surface area (Å²) in [6.45, 7) is 8.56. The van der Waals surface area contributed by atoms with Gasteiger partial charge in [0.2, 0.25) is 0 Å². The van der Waals surface area contributed by atoms with E-state index in [0.29, 0.717) is 11.7 Å². The molecule has 1 heterocycles. The lowest BCUT2D eigenvalue weighted by atomic mass is 9.90. The summed E-state index contributed by atoms with van der Waals surface area (Å²) in [5.41, 5.74) is 1.02. The Morgan fingerprint density at radius 3 is 2.36 bits per heavy atom. The van der Waals surface area contributed by atoms with Crippen molar-refractivity contribution in [1.29, 1.82) is 0 Å². The average Bonchev–Trinajstić information content (AvgIpc) is 2.45. The Labute approximate surface area is 162 Å². The molecule has 2 atom stereocenters. The highest BCUT2D eigenvalue weighted by atomic mass is 79.9. The highest BCUT2D eigenvalue weighted by Gasteiger charge is 2.29. The van der Waals surface area contributed by atoms with Crippen LogP contribution in [0.3, 0.4) is 0 Å². The predicted octanol–water partition coefficient (Wildman–Crippen LogP) is 4.75. The van der Waals surface area contributed by atoms with Gasteiger partial charge in [0, 0.05) is 42.3 Å². The molecule has 1 aromatic rings. The van der Waals surface area contributed by atoms with Gasteiger partial charge in [-0.05, 0) is 34.0 Å². The predicted molar refractivity (Wildman–Crippen MR) is 105 cm³/mol. The maximum Gasteiger partial charge on any atom is 0.134 e. The Balaban J connectivity index is 0.00000220. The number of piperazine rings is 1. The first kappa shape index (κ1) is 22.5. The Hall–Kier alpha value is 0.480. The molecule has 7 heteroatoms. The fourth-order valence-electron chi connectivity index (χ4n) is 2.86. The minimum absolute atomic E-state index is 0. The van der Waals surface area contributed by atoms with Crippen LogP contribution in [-0.4, -0.2) is 36.2 Å². The molecule has 0 saturated carbocycles. The smallest absolute Gasteiger partial charge is 0.134 e. The zero-order chi connectivity index (χ0) is 14.7. The molecule has 1 unspecified atom stereocenters. The van der Waals surface area contributed by atoms with Gasteiger partial charge in [0.25, 0.3) is 0 Å². The molecular weight excluding hydrogens is 455 g/mol. The number of phenols is 1. The molecule has 0 radical (unpaired) electrons. The first-order valence-corrected chi connectivity index (χ1v) is 8.75. The van der Waals surface area contributed by atoms with Gasteiger partial charge >= 0.3 is 0 Å². The van der Waals surface area contributed by atoms with Gasteiger partial charge in [-0.15, -0.1) is 24.8 Å². The summed E-state index contributed by atoms with van der Waals surface area (Å²) in [6.07, 6.45) is 1.10. The Bertz CT molecular complexity index is 471. The van der Waals surface area contributed by atoms with E-state index in [0.717, 1.165) is 47.1 Å². The molecule has 0 spiro atoms. The van der Waals surface area contributed by atoms with E-state index in [9.17, 15) is 5.11 Å². The summed E-state index contributed by atoms with van der Waals surface area (Å²) in [5.74, 6) is 0.872. The quantitative estimate of drug-likeness (QED) is 0.655. The third-order valence-corrected chi connectivity index (χ3v) is 5.17. The Morgan fingerprint density at radius 2 is 1.82 bits per heavy atom. The van der Waals surface area contributed by atoms with E-state index in [1.165, 1.54) is 0 Å². The molecule has 3 nitrogen and oxygen atoms in total. The van der Waals surface area contributed by atoms with Crippen molar-refractivity contribution >= 4 is 56.7 Å². The Morgan fingerprint density at radius 1 is 1.23 bits per heavy atom. The monoisotopic (exact) mass is 476 g/mol. The van der Waals surface area contributed by atoms with Crippen LogP contribution in [0.15, 0.2) is 21.1 Å². The van der Waals surface area contributed by atoms with Gasteiger partial charge < -0.3 is 10.4 Å². The van der Waals surface area contributed by atoms with Gasteiger partial charge in [0.1, 0.15) is 5.75 Å². The van der Waals surface area contributed by atoms with Crippen molar-refractivity contribution in [3.05, 3.63) is 26.6 Å². The molecule has 1 aliphatic rings. The number of halogens is 4. The van der Waals surface area contributed by atoms with Crippen LogP contribution >= 0.6 is 56.7 Å². The van der Waals surface area contributed by atoms with E-state index in [-0.39, 0.29) is 30.9 Å². The molecule has 2 rings (SSSR count). The maximum absolute atomic E-state index is 10.5. The summed E-state index contributed by atoms with van der Waals surface area (Å²) in [6, 6.07) is 4.21. The van der Waals surface area contributed by atoms with E-state index in [1.807, 2.05) is 6.07 Å². The van der Waals surface area contributed by atoms with Crippen molar-refractivity contribution in [2.45, 2.75) is 26.3 Å². The Kier molecular flexibility index (Phi) is 10.6. The maximum atomic E-state index is 10.5. The third-order valence-electron chi connectivity index (χ3n) is 4.10. The van der Waals surface area contributed by atoms with Crippen LogP contribution in [0.4, 0.5) is 0 Å². The summed E-state index contributed by atoms with van der Waals surface area (Å²) < 4.78 is 1.76. The molecule has 0 aliphatic carbocycles. The minimum atomic E-state index is 0. The number of rotatable bonds is 4. The summed E-state index contributed by atoms with van der Waals surface area (Å²) in [4.78, 5) is 2.48. The van der Waals surface area contributed by atoms with Gasteiger partial charge in [-0.3, -0.25) is 4.90 Å². The molecule has 1 aromatic carbocycles. The summed E-state index contributed by atoms with van der Waals surface area (Å²) >= 11 is 6.99.